The molecule has 0 unspecified atom stereocenters. The Labute approximate surface area is 139 Å². The fraction of sp³-hybridized carbons (Fsp3) is 0.105. The Balaban J connectivity index is 1.77. The molecule has 0 amide bonds. The second-order valence-corrected chi connectivity index (χ2v) is 5.87. The summed E-state index contributed by atoms with van der Waals surface area (Å²) in [5, 5.41) is 4.93. The van der Waals surface area contributed by atoms with Gasteiger partial charge in [0.15, 0.2) is 5.82 Å². The van der Waals surface area contributed by atoms with E-state index in [1.54, 1.807) is 0 Å². The van der Waals surface area contributed by atoms with Crippen LogP contribution >= 0.6 is 0 Å². The topological polar surface area (TPSA) is 83.0 Å². The molecule has 0 radical (unpaired) electrons. The highest BCUT2D eigenvalue weighted by atomic mass is 16.5. The summed E-state index contributed by atoms with van der Waals surface area (Å²) in [5.41, 5.74) is 16.1. The minimum atomic E-state index is 0.285. The van der Waals surface area contributed by atoms with Crippen LogP contribution in [0.25, 0.3) is 10.9 Å². The average Bonchev–Trinajstić information content (AvgIpc) is 3.11. The van der Waals surface area contributed by atoms with Crippen molar-refractivity contribution >= 4 is 22.6 Å². The number of fused-ring (bicyclic) bond motifs is 1. The van der Waals surface area contributed by atoms with E-state index in [1.165, 1.54) is 16.5 Å². The summed E-state index contributed by atoms with van der Waals surface area (Å²) >= 11 is 0. The Hall–Kier alpha value is -3.21. The number of aromatic nitrogens is 2. The highest BCUT2D eigenvalue weighted by Gasteiger charge is 2.15. The van der Waals surface area contributed by atoms with Crippen LogP contribution in [0.5, 0.6) is 0 Å². The Bertz CT molecular complexity index is 966. The van der Waals surface area contributed by atoms with Crippen molar-refractivity contribution in [1.82, 2.24) is 9.72 Å². The first kappa shape index (κ1) is 14.4. The minimum Gasteiger partial charge on any atom is -0.381 e. The number of nitrogens with zero attached hydrogens (tertiary/aromatic N) is 2. The first-order valence-electron chi connectivity index (χ1n) is 7.82. The van der Waals surface area contributed by atoms with Gasteiger partial charge >= 0.3 is 0 Å². The van der Waals surface area contributed by atoms with Crippen molar-refractivity contribution in [3.8, 4) is 0 Å². The van der Waals surface area contributed by atoms with Gasteiger partial charge < -0.3 is 20.6 Å². The van der Waals surface area contributed by atoms with Gasteiger partial charge in [0.05, 0.1) is 5.56 Å². The molecule has 2 aromatic carbocycles. The van der Waals surface area contributed by atoms with Crippen LogP contribution < -0.4 is 11.5 Å². The monoisotopic (exact) mass is 318 g/mol. The van der Waals surface area contributed by atoms with Crippen LogP contribution in [0.1, 0.15) is 16.7 Å². The first-order chi connectivity index (χ1) is 11.7. The molecule has 4 rings (SSSR count). The molecule has 0 aliphatic heterocycles. The lowest BCUT2D eigenvalue weighted by atomic mass is 10.1. The van der Waals surface area contributed by atoms with Crippen molar-refractivity contribution in [3.63, 3.8) is 0 Å². The van der Waals surface area contributed by atoms with E-state index in [1.807, 2.05) is 12.1 Å². The van der Waals surface area contributed by atoms with Gasteiger partial charge in [-0.25, -0.2) is 0 Å². The van der Waals surface area contributed by atoms with Gasteiger partial charge in [0, 0.05) is 30.1 Å². The van der Waals surface area contributed by atoms with Crippen molar-refractivity contribution in [1.29, 1.82) is 0 Å². The maximum Gasteiger partial charge on any atom is 0.227 e. The lowest BCUT2D eigenvalue weighted by molar-refractivity contribution is 0.439. The van der Waals surface area contributed by atoms with E-state index in [0.29, 0.717) is 12.2 Å². The van der Waals surface area contributed by atoms with Gasteiger partial charge in [-0.15, -0.1) is 0 Å². The van der Waals surface area contributed by atoms with E-state index < -0.39 is 0 Å². The van der Waals surface area contributed by atoms with Crippen molar-refractivity contribution in [2.45, 2.75) is 13.0 Å². The van der Waals surface area contributed by atoms with Gasteiger partial charge in [-0.3, -0.25) is 0 Å². The molecule has 2 heterocycles. The highest BCUT2D eigenvalue weighted by molar-refractivity contribution is 5.84. The predicted molar refractivity (Wildman–Crippen MR) is 95.6 cm³/mol. The summed E-state index contributed by atoms with van der Waals surface area (Å²) in [7, 11) is 0. The molecule has 0 fully saturated rings. The predicted octanol–water partition coefficient (Wildman–Crippen LogP) is 3.43. The van der Waals surface area contributed by atoms with Crippen LogP contribution in [0, 0.1) is 0 Å². The number of para-hydroxylation sites is 1. The quantitative estimate of drug-likeness (QED) is 0.604. The lowest BCUT2D eigenvalue weighted by Crippen LogP contribution is -1.98. The molecule has 5 heteroatoms. The van der Waals surface area contributed by atoms with E-state index in [4.69, 9.17) is 16.0 Å². The zero-order chi connectivity index (χ0) is 16.5. The van der Waals surface area contributed by atoms with E-state index >= 15 is 0 Å². The largest absolute Gasteiger partial charge is 0.381 e. The Kier molecular flexibility index (Phi) is 3.46. The highest BCUT2D eigenvalue weighted by Crippen LogP contribution is 2.28. The molecule has 0 atom stereocenters. The van der Waals surface area contributed by atoms with Crippen LogP contribution in [-0.2, 0) is 13.0 Å². The number of benzene rings is 2. The number of hydrogen-bond donors (Lipinski definition) is 2. The smallest absolute Gasteiger partial charge is 0.227 e. The van der Waals surface area contributed by atoms with Gasteiger partial charge in [-0.2, -0.15) is 0 Å². The Morgan fingerprint density at radius 1 is 0.958 bits per heavy atom. The van der Waals surface area contributed by atoms with Crippen molar-refractivity contribution in [3.05, 3.63) is 77.5 Å². The van der Waals surface area contributed by atoms with Gasteiger partial charge in [0.25, 0.3) is 0 Å². The number of anilines is 2. The first-order valence-corrected chi connectivity index (χ1v) is 7.82. The fourth-order valence-electron chi connectivity index (χ4n) is 3.08. The second-order valence-electron chi connectivity index (χ2n) is 5.87. The minimum absolute atomic E-state index is 0.285. The molecular formula is C19H18N4O. The molecule has 0 aliphatic rings. The molecule has 0 spiro atoms. The Morgan fingerprint density at radius 2 is 1.71 bits per heavy atom. The SMILES string of the molecule is Nc1noc(N)c1Cc1cn(Cc2ccccc2)c2ccccc12. The van der Waals surface area contributed by atoms with Crippen molar-refractivity contribution < 1.29 is 4.52 Å². The Morgan fingerprint density at radius 3 is 2.46 bits per heavy atom. The van der Waals surface area contributed by atoms with Crippen molar-refractivity contribution in [2.75, 3.05) is 11.5 Å². The average molecular weight is 318 g/mol. The maximum atomic E-state index is 5.87. The number of nitrogens with two attached hydrogens (primary N) is 2. The third-order valence-corrected chi connectivity index (χ3v) is 4.28. The van der Waals surface area contributed by atoms with Gasteiger partial charge in [-0.1, -0.05) is 53.7 Å². The molecule has 4 aromatic rings. The zero-order valence-electron chi connectivity index (χ0n) is 13.1. The lowest BCUT2D eigenvalue weighted by Gasteiger charge is -2.05. The summed E-state index contributed by atoms with van der Waals surface area (Å²) in [5.74, 6) is 0.639. The van der Waals surface area contributed by atoms with E-state index in [-0.39, 0.29) is 5.88 Å². The van der Waals surface area contributed by atoms with Crippen LogP contribution in [0.3, 0.4) is 0 Å². The molecule has 0 aliphatic carbocycles. The molecule has 24 heavy (non-hydrogen) atoms. The number of nitrogen functional groups attached to an aromatic ring is 2. The molecular weight excluding hydrogens is 300 g/mol. The maximum absolute atomic E-state index is 5.87. The molecule has 0 bridgehead atoms. The van der Waals surface area contributed by atoms with Gasteiger partial charge in [0.2, 0.25) is 5.88 Å². The number of hydrogen-bond acceptors (Lipinski definition) is 4. The zero-order valence-corrected chi connectivity index (χ0v) is 13.1. The molecule has 4 N–H and O–H groups in total. The van der Waals surface area contributed by atoms with E-state index in [2.05, 4.69) is 58.4 Å². The van der Waals surface area contributed by atoms with E-state index in [0.717, 1.165) is 17.7 Å². The summed E-state index contributed by atoms with van der Waals surface area (Å²) in [4.78, 5) is 0. The molecule has 0 saturated carbocycles. The summed E-state index contributed by atoms with van der Waals surface area (Å²) in [6.07, 6.45) is 2.76. The third kappa shape index (κ3) is 2.50. The molecule has 120 valence electrons. The molecule has 5 nitrogen and oxygen atoms in total. The summed E-state index contributed by atoms with van der Waals surface area (Å²) in [6, 6.07) is 18.7. The van der Waals surface area contributed by atoms with Crippen LogP contribution in [0.2, 0.25) is 0 Å². The van der Waals surface area contributed by atoms with Gasteiger partial charge in [0.1, 0.15) is 0 Å². The van der Waals surface area contributed by atoms with Crippen LogP contribution in [-0.4, -0.2) is 9.72 Å². The van der Waals surface area contributed by atoms with E-state index in [9.17, 15) is 0 Å². The summed E-state index contributed by atoms with van der Waals surface area (Å²) in [6.45, 7) is 0.815. The summed E-state index contributed by atoms with van der Waals surface area (Å²) < 4.78 is 7.23. The second kappa shape index (κ2) is 5.77. The van der Waals surface area contributed by atoms with Gasteiger partial charge in [-0.05, 0) is 17.2 Å². The van der Waals surface area contributed by atoms with Crippen molar-refractivity contribution in [2.24, 2.45) is 0 Å². The standard InChI is InChI=1S/C19H18N4O/c20-18-16(19(21)24-22-18)10-14-12-23(11-13-6-2-1-3-7-13)17-9-5-4-8-15(14)17/h1-9,12H,10-11,21H2,(H2,20,22). The molecule has 0 saturated heterocycles. The molecule has 2 aromatic heterocycles. The van der Waals surface area contributed by atoms with Crippen LogP contribution in [0.4, 0.5) is 11.7 Å². The number of rotatable bonds is 4. The third-order valence-electron chi connectivity index (χ3n) is 4.28. The van der Waals surface area contributed by atoms with Crippen LogP contribution in [0.15, 0.2) is 65.3 Å². The fourth-order valence-corrected chi connectivity index (χ4v) is 3.08. The normalized spacial score (nSPS) is 11.2.